The first kappa shape index (κ1) is 16.6. The zero-order valence-electron chi connectivity index (χ0n) is 14.3. The van der Waals surface area contributed by atoms with Gasteiger partial charge in [0, 0.05) is 10.6 Å². The number of carbonyl (C=O) groups excluding carboxylic acids is 2. The van der Waals surface area contributed by atoms with Crippen molar-refractivity contribution in [3.63, 3.8) is 0 Å². The van der Waals surface area contributed by atoms with Crippen molar-refractivity contribution < 1.29 is 14.0 Å². The summed E-state index contributed by atoms with van der Waals surface area (Å²) < 4.78 is 5.14. The highest BCUT2D eigenvalue weighted by Crippen LogP contribution is 2.39. The summed E-state index contributed by atoms with van der Waals surface area (Å²) in [6.45, 7) is 2.00. The van der Waals surface area contributed by atoms with Gasteiger partial charge in [0.1, 0.15) is 5.00 Å². The molecule has 0 radical (unpaired) electrons. The third-order valence-corrected chi connectivity index (χ3v) is 5.64. The minimum absolute atomic E-state index is 0.192. The predicted molar refractivity (Wildman–Crippen MR) is 102 cm³/mol. The second-order valence-corrected chi connectivity index (χ2v) is 7.42. The van der Waals surface area contributed by atoms with Gasteiger partial charge in [0.05, 0.1) is 11.8 Å². The van der Waals surface area contributed by atoms with E-state index >= 15 is 0 Å². The summed E-state index contributed by atoms with van der Waals surface area (Å²) in [6.07, 6.45) is 4.30. The average Bonchev–Trinajstić information content (AvgIpc) is 3.33. The highest BCUT2D eigenvalue weighted by Gasteiger charge is 2.28. The molecule has 132 valence electrons. The lowest BCUT2D eigenvalue weighted by Crippen LogP contribution is -2.17. The molecule has 3 aromatic rings. The van der Waals surface area contributed by atoms with E-state index in [-0.39, 0.29) is 17.6 Å². The lowest BCUT2D eigenvalue weighted by atomic mass is 10.1. The number of nitrogens with one attached hydrogen (secondary N) is 2. The van der Waals surface area contributed by atoms with E-state index < -0.39 is 0 Å². The number of carbonyl (C=O) groups is 2. The van der Waals surface area contributed by atoms with Gasteiger partial charge in [-0.05, 0) is 56.0 Å². The van der Waals surface area contributed by atoms with Gasteiger partial charge in [-0.15, -0.1) is 11.3 Å². The van der Waals surface area contributed by atoms with Crippen LogP contribution in [0.1, 0.15) is 43.3 Å². The first-order valence-corrected chi connectivity index (χ1v) is 9.31. The van der Waals surface area contributed by atoms with E-state index in [2.05, 4.69) is 10.6 Å². The number of anilines is 2. The number of furan rings is 1. The van der Waals surface area contributed by atoms with Crippen LogP contribution in [0.5, 0.6) is 0 Å². The maximum atomic E-state index is 12.9. The first-order chi connectivity index (χ1) is 12.6. The number of aryl methyl sites for hydroxylation is 2. The maximum absolute atomic E-state index is 12.9. The lowest BCUT2D eigenvalue weighted by Gasteiger charge is -2.09. The van der Waals surface area contributed by atoms with Crippen LogP contribution in [-0.4, -0.2) is 11.8 Å². The normalized spacial score (nSPS) is 12.7. The van der Waals surface area contributed by atoms with Gasteiger partial charge in [-0.25, -0.2) is 0 Å². The molecule has 2 aromatic heterocycles. The Morgan fingerprint density at radius 2 is 1.85 bits per heavy atom. The van der Waals surface area contributed by atoms with Crippen LogP contribution >= 0.6 is 11.3 Å². The molecule has 0 saturated heterocycles. The van der Waals surface area contributed by atoms with Gasteiger partial charge in [0.2, 0.25) is 0 Å². The fraction of sp³-hybridized carbons (Fsp3) is 0.200. The smallest absolute Gasteiger partial charge is 0.291 e. The van der Waals surface area contributed by atoms with Gasteiger partial charge in [-0.3, -0.25) is 9.59 Å². The molecule has 0 atom stereocenters. The summed E-state index contributed by atoms with van der Waals surface area (Å²) in [5.41, 5.74) is 3.49. The van der Waals surface area contributed by atoms with E-state index in [1.165, 1.54) is 22.5 Å². The first-order valence-electron chi connectivity index (χ1n) is 8.49. The fourth-order valence-electron chi connectivity index (χ4n) is 3.14. The van der Waals surface area contributed by atoms with Crippen molar-refractivity contribution in [2.24, 2.45) is 0 Å². The summed E-state index contributed by atoms with van der Waals surface area (Å²) in [4.78, 5) is 26.4. The Bertz CT molecular complexity index is 956. The minimum Gasteiger partial charge on any atom is -0.459 e. The zero-order valence-corrected chi connectivity index (χ0v) is 15.1. The van der Waals surface area contributed by atoms with Crippen LogP contribution < -0.4 is 10.6 Å². The van der Waals surface area contributed by atoms with E-state index in [1.54, 1.807) is 12.1 Å². The molecular formula is C20H18N2O3S. The minimum atomic E-state index is -0.348. The Kier molecular flexibility index (Phi) is 4.34. The number of amides is 2. The van der Waals surface area contributed by atoms with Gasteiger partial charge in [0.15, 0.2) is 5.76 Å². The van der Waals surface area contributed by atoms with E-state index in [0.717, 1.165) is 36.1 Å². The van der Waals surface area contributed by atoms with Gasteiger partial charge in [-0.2, -0.15) is 0 Å². The van der Waals surface area contributed by atoms with Gasteiger partial charge < -0.3 is 15.1 Å². The van der Waals surface area contributed by atoms with E-state index in [9.17, 15) is 9.59 Å². The summed E-state index contributed by atoms with van der Waals surface area (Å²) in [7, 11) is 0. The quantitative estimate of drug-likeness (QED) is 0.706. The molecule has 4 rings (SSSR count). The van der Waals surface area contributed by atoms with Crippen molar-refractivity contribution in [3.8, 4) is 0 Å². The largest absolute Gasteiger partial charge is 0.459 e. The monoisotopic (exact) mass is 366 g/mol. The molecule has 1 aliphatic rings. The lowest BCUT2D eigenvalue weighted by molar-refractivity contribution is 0.0997. The van der Waals surface area contributed by atoms with Crippen molar-refractivity contribution in [1.29, 1.82) is 0 Å². The maximum Gasteiger partial charge on any atom is 0.291 e. The second kappa shape index (κ2) is 6.80. The Morgan fingerprint density at radius 1 is 1.04 bits per heavy atom. The van der Waals surface area contributed by atoms with Gasteiger partial charge >= 0.3 is 0 Å². The highest BCUT2D eigenvalue weighted by atomic mass is 32.1. The Labute approximate surface area is 155 Å². The molecule has 1 aromatic carbocycles. The molecule has 2 N–H and O–H groups in total. The van der Waals surface area contributed by atoms with Crippen LogP contribution in [0.4, 0.5) is 10.7 Å². The molecule has 26 heavy (non-hydrogen) atoms. The van der Waals surface area contributed by atoms with Crippen LogP contribution in [0.25, 0.3) is 0 Å². The number of hydrogen-bond acceptors (Lipinski definition) is 4. The Balaban J connectivity index is 1.62. The molecule has 0 fully saturated rings. The fourth-order valence-corrected chi connectivity index (χ4v) is 4.42. The summed E-state index contributed by atoms with van der Waals surface area (Å²) in [5.74, 6) is -0.314. The summed E-state index contributed by atoms with van der Waals surface area (Å²) in [5, 5.41) is 6.37. The van der Waals surface area contributed by atoms with Crippen LogP contribution in [0.2, 0.25) is 0 Å². The number of benzene rings is 1. The van der Waals surface area contributed by atoms with Crippen molar-refractivity contribution in [2.45, 2.75) is 26.2 Å². The molecule has 0 spiro atoms. The van der Waals surface area contributed by atoms with Gasteiger partial charge in [-0.1, -0.05) is 17.7 Å². The van der Waals surface area contributed by atoms with Crippen LogP contribution in [-0.2, 0) is 12.8 Å². The number of rotatable bonds is 4. The third kappa shape index (κ3) is 3.15. The topological polar surface area (TPSA) is 71.3 Å². The van der Waals surface area contributed by atoms with Crippen molar-refractivity contribution in [3.05, 3.63) is 70.0 Å². The van der Waals surface area contributed by atoms with E-state index in [0.29, 0.717) is 10.6 Å². The average molecular weight is 366 g/mol. The van der Waals surface area contributed by atoms with Crippen molar-refractivity contribution in [1.82, 2.24) is 0 Å². The summed E-state index contributed by atoms with van der Waals surface area (Å²) in [6, 6.07) is 10.9. The number of thiophene rings is 1. The molecular weight excluding hydrogens is 348 g/mol. The highest BCUT2D eigenvalue weighted by molar-refractivity contribution is 7.17. The predicted octanol–water partition coefficient (Wildman–Crippen LogP) is 4.64. The van der Waals surface area contributed by atoms with Crippen molar-refractivity contribution >= 4 is 33.8 Å². The molecule has 0 saturated carbocycles. The molecule has 0 aliphatic heterocycles. The summed E-state index contributed by atoms with van der Waals surface area (Å²) >= 11 is 1.48. The van der Waals surface area contributed by atoms with Gasteiger partial charge in [0.25, 0.3) is 11.8 Å². The Morgan fingerprint density at radius 3 is 2.58 bits per heavy atom. The third-order valence-electron chi connectivity index (χ3n) is 4.43. The molecule has 0 unspecified atom stereocenters. The molecule has 6 heteroatoms. The number of fused-ring (bicyclic) bond motifs is 1. The molecule has 1 aliphatic carbocycles. The zero-order chi connectivity index (χ0) is 18.1. The van der Waals surface area contributed by atoms with Crippen molar-refractivity contribution in [2.75, 3.05) is 10.6 Å². The van der Waals surface area contributed by atoms with Crippen LogP contribution in [0.3, 0.4) is 0 Å². The molecule has 2 heterocycles. The second-order valence-electron chi connectivity index (χ2n) is 6.31. The van der Waals surface area contributed by atoms with Crippen LogP contribution in [0, 0.1) is 6.92 Å². The molecule has 0 bridgehead atoms. The molecule has 5 nitrogen and oxygen atoms in total. The van der Waals surface area contributed by atoms with E-state index in [4.69, 9.17) is 4.42 Å². The molecule has 2 amide bonds. The van der Waals surface area contributed by atoms with E-state index in [1.807, 2.05) is 31.2 Å². The number of hydrogen-bond donors (Lipinski definition) is 2. The Hall–Kier alpha value is -2.86. The van der Waals surface area contributed by atoms with Crippen LogP contribution in [0.15, 0.2) is 47.1 Å². The standard InChI is InChI=1S/C20H18N2O3S/c1-12-7-9-13(10-8-12)21-19(24)17-14-4-2-6-16(14)26-20(17)22-18(23)15-5-3-11-25-15/h3,5,7-11H,2,4,6H2,1H3,(H,21,24)(H,22,23). The SMILES string of the molecule is Cc1ccc(NC(=O)c2c(NC(=O)c3ccco3)sc3c2CCC3)cc1.